The van der Waals surface area contributed by atoms with E-state index < -0.39 is 0 Å². The van der Waals surface area contributed by atoms with E-state index in [9.17, 15) is 0 Å². The summed E-state index contributed by atoms with van der Waals surface area (Å²) in [5, 5.41) is 16.3. The van der Waals surface area contributed by atoms with Gasteiger partial charge in [0, 0.05) is 16.8 Å². The van der Waals surface area contributed by atoms with E-state index in [1.165, 1.54) is 0 Å². The maximum absolute atomic E-state index is 5.87. The zero-order valence-electron chi connectivity index (χ0n) is 18.0. The molecule has 1 aromatic heterocycles. The third-order valence-electron chi connectivity index (χ3n) is 4.26. The third kappa shape index (κ3) is 6.95. The van der Waals surface area contributed by atoms with Crippen molar-refractivity contribution in [3.05, 3.63) is 52.5 Å². The fourth-order valence-corrected chi connectivity index (χ4v) is 4.20. The molecule has 7 nitrogen and oxygen atoms in total. The van der Waals surface area contributed by atoms with Crippen LogP contribution in [-0.4, -0.2) is 45.2 Å². The highest BCUT2D eigenvalue weighted by Crippen LogP contribution is 2.34. The summed E-state index contributed by atoms with van der Waals surface area (Å²) in [5.41, 5.74) is 2.10. The van der Waals surface area contributed by atoms with Gasteiger partial charge in [-0.3, -0.25) is 0 Å². The molecule has 1 heterocycles. The number of hydrogen-bond acceptors (Lipinski definition) is 7. The van der Waals surface area contributed by atoms with Gasteiger partial charge in [0.15, 0.2) is 11.5 Å². The van der Waals surface area contributed by atoms with E-state index in [4.69, 9.17) is 9.47 Å². The number of rotatable bonds is 12. The lowest BCUT2D eigenvalue weighted by atomic mass is 10.2. The van der Waals surface area contributed by atoms with E-state index in [2.05, 4.69) is 36.8 Å². The minimum absolute atomic E-state index is 0.0930. The number of halogens is 1. The van der Waals surface area contributed by atoms with E-state index in [0.29, 0.717) is 6.61 Å². The molecule has 0 unspecified atom stereocenters. The molecule has 3 rings (SSSR count). The lowest BCUT2D eigenvalue weighted by molar-refractivity contribution is 0.223. The standard InChI is InChI=1S/C22H28BrN5O2S/c1-4-29-20-13-17(19(23)14-21(20)30-16(2)3)15-24-11-8-12-31-22-25-26-27-28(22)18-9-6-5-7-10-18/h5-7,9-10,13-14,16,24H,4,8,11-12,15H2,1-3H3. The predicted molar refractivity (Wildman–Crippen MR) is 127 cm³/mol. The van der Waals surface area contributed by atoms with Crippen LogP contribution in [0.25, 0.3) is 5.69 Å². The Morgan fingerprint density at radius 2 is 1.97 bits per heavy atom. The number of nitrogens with one attached hydrogen (secondary N) is 1. The second kappa shape index (κ2) is 12.1. The third-order valence-corrected chi connectivity index (χ3v) is 6.01. The van der Waals surface area contributed by atoms with Gasteiger partial charge in [-0.2, -0.15) is 4.68 Å². The molecule has 0 aliphatic rings. The Hall–Kier alpha value is -2.10. The number of benzene rings is 2. The quantitative estimate of drug-likeness (QED) is 0.277. The monoisotopic (exact) mass is 505 g/mol. The van der Waals surface area contributed by atoms with Crippen molar-refractivity contribution in [1.82, 2.24) is 25.5 Å². The minimum atomic E-state index is 0.0930. The summed E-state index contributed by atoms with van der Waals surface area (Å²) in [6, 6.07) is 14.0. The molecule has 0 aliphatic heterocycles. The van der Waals surface area contributed by atoms with E-state index in [1.807, 2.05) is 63.2 Å². The number of para-hydroxylation sites is 1. The minimum Gasteiger partial charge on any atom is -0.490 e. The van der Waals surface area contributed by atoms with Crippen LogP contribution in [0.1, 0.15) is 32.8 Å². The Morgan fingerprint density at radius 3 is 2.71 bits per heavy atom. The summed E-state index contributed by atoms with van der Waals surface area (Å²) >= 11 is 5.31. The molecule has 31 heavy (non-hydrogen) atoms. The van der Waals surface area contributed by atoms with Gasteiger partial charge in [-0.25, -0.2) is 0 Å². The molecule has 0 saturated carbocycles. The first-order valence-corrected chi connectivity index (χ1v) is 12.2. The molecule has 3 aromatic rings. The second-order valence-electron chi connectivity index (χ2n) is 7.08. The molecule has 0 atom stereocenters. The largest absolute Gasteiger partial charge is 0.490 e. The van der Waals surface area contributed by atoms with Gasteiger partial charge in [0.05, 0.1) is 18.4 Å². The zero-order chi connectivity index (χ0) is 22.1. The Kier molecular flexibility index (Phi) is 9.17. The SMILES string of the molecule is CCOc1cc(CNCCCSc2nnnn2-c2ccccc2)c(Br)cc1OC(C)C. The summed E-state index contributed by atoms with van der Waals surface area (Å²) < 4.78 is 14.4. The lowest BCUT2D eigenvalue weighted by Crippen LogP contribution is -2.16. The van der Waals surface area contributed by atoms with Crippen LogP contribution in [0.5, 0.6) is 11.5 Å². The normalized spacial score (nSPS) is 11.1. The Balaban J connectivity index is 1.47. The lowest BCUT2D eigenvalue weighted by Gasteiger charge is -2.17. The van der Waals surface area contributed by atoms with Crippen LogP contribution in [-0.2, 0) is 6.54 Å². The smallest absolute Gasteiger partial charge is 0.214 e. The van der Waals surface area contributed by atoms with Crippen molar-refractivity contribution in [2.24, 2.45) is 0 Å². The molecule has 0 saturated heterocycles. The Labute approximate surface area is 196 Å². The van der Waals surface area contributed by atoms with Crippen LogP contribution < -0.4 is 14.8 Å². The molecule has 2 aromatic carbocycles. The highest BCUT2D eigenvalue weighted by atomic mass is 79.9. The molecule has 0 radical (unpaired) electrons. The van der Waals surface area contributed by atoms with Crippen molar-refractivity contribution in [3.63, 3.8) is 0 Å². The molecular weight excluding hydrogens is 478 g/mol. The Morgan fingerprint density at radius 1 is 1.16 bits per heavy atom. The van der Waals surface area contributed by atoms with E-state index in [1.54, 1.807) is 16.4 Å². The van der Waals surface area contributed by atoms with Gasteiger partial charge in [0.2, 0.25) is 5.16 Å². The van der Waals surface area contributed by atoms with Crippen LogP contribution in [0, 0.1) is 0 Å². The van der Waals surface area contributed by atoms with Crippen molar-refractivity contribution >= 4 is 27.7 Å². The van der Waals surface area contributed by atoms with Gasteiger partial charge in [-0.05, 0) is 74.0 Å². The topological polar surface area (TPSA) is 74.1 Å². The van der Waals surface area contributed by atoms with Crippen molar-refractivity contribution in [2.75, 3.05) is 18.9 Å². The number of aromatic nitrogens is 4. The van der Waals surface area contributed by atoms with Crippen LogP contribution in [0.3, 0.4) is 0 Å². The molecule has 0 bridgehead atoms. The van der Waals surface area contributed by atoms with Crippen LogP contribution >= 0.6 is 27.7 Å². The first-order chi connectivity index (χ1) is 15.1. The molecule has 9 heteroatoms. The van der Waals surface area contributed by atoms with E-state index >= 15 is 0 Å². The fraction of sp³-hybridized carbons (Fsp3) is 0.409. The van der Waals surface area contributed by atoms with E-state index in [0.717, 1.165) is 57.6 Å². The van der Waals surface area contributed by atoms with Gasteiger partial charge in [-0.15, -0.1) is 5.10 Å². The van der Waals surface area contributed by atoms with Gasteiger partial charge in [-0.1, -0.05) is 45.9 Å². The van der Waals surface area contributed by atoms with Crippen LogP contribution in [0.4, 0.5) is 0 Å². The van der Waals surface area contributed by atoms with Gasteiger partial charge < -0.3 is 14.8 Å². The number of hydrogen-bond donors (Lipinski definition) is 1. The summed E-state index contributed by atoms with van der Waals surface area (Å²) in [6.45, 7) is 8.23. The molecular formula is C22H28BrN5O2S. The van der Waals surface area contributed by atoms with Gasteiger partial charge >= 0.3 is 0 Å². The highest BCUT2D eigenvalue weighted by molar-refractivity contribution is 9.10. The number of tetrazole rings is 1. The average Bonchev–Trinajstić information content (AvgIpc) is 3.22. The molecule has 0 amide bonds. The predicted octanol–water partition coefficient (Wildman–Crippen LogP) is 4.88. The second-order valence-corrected chi connectivity index (χ2v) is 8.99. The first kappa shape index (κ1) is 23.6. The van der Waals surface area contributed by atoms with Gasteiger partial charge in [0.1, 0.15) is 0 Å². The number of nitrogens with zero attached hydrogens (tertiary/aromatic N) is 4. The van der Waals surface area contributed by atoms with Crippen molar-refractivity contribution in [1.29, 1.82) is 0 Å². The van der Waals surface area contributed by atoms with E-state index in [-0.39, 0.29) is 6.10 Å². The molecule has 1 N–H and O–H groups in total. The highest BCUT2D eigenvalue weighted by Gasteiger charge is 2.12. The van der Waals surface area contributed by atoms with Crippen molar-refractivity contribution < 1.29 is 9.47 Å². The molecule has 166 valence electrons. The summed E-state index contributed by atoms with van der Waals surface area (Å²) in [6.07, 6.45) is 1.09. The van der Waals surface area contributed by atoms with Crippen molar-refractivity contribution in [3.8, 4) is 17.2 Å². The fourth-order valence-electron chi connectivity index (χ4n) is 2.91. The summed E-state index contributed by atoms with van der Waals surface area (Å²) in [4.78, 5) is 0. The van der Waals surface area contributed by atoms with Crippen molar-refractivity contribution in [2.45, 2.75) is 45.0 Å². The van der Waals surface area contributed by atoms with Crippen LogP contribution in [0.2, 0.25) is 0 Å². The average molecular weight is 506 g/mol. The number of ether oxygens (including phenoxy) is 2. The maximum Gasteiger partial charge on any atom is 0.214 e. The maximum atomic E-state index is 5.87. The zero-order valence-corrected chi connectivity index (χ0v) is 20.4. The molecule has 0 aliphatic carbocycles. The van der Waals surface area contributed by atoms with Crippen LogP contribution in [0.15, 0.2) is 52.1 Å². The van der Waals surface area contributed by atoms with Gasteiger partial charge in [0.25, 0.3) is 0 Å². The summed E-state index contributed by atoms with van der Waals surface area (Å²) in [7, 11) is 0. The molecule has 0 fully saturated rings. The first-order valence-electron chi connectivity index (χ1n) is 10.4. The molecule has 0 spiro atoms. The summed E-state index contributed by atoms with van der Waals surface area (Å²) in [5.74, 6) is 2.46. The number of thioether (sulfide) groups is 1. The Bertz CT molecular complexity index is 952.